The number of methoxy groups -OCH3 is 1. The first-order valence-corrected chi connectivity index (χ1v) is 11.1. The van der Waals surface area contributed by atoms with Gasteiger partial charge < -0.3 is 19.5 Å². The molecule has 8 heteroatoms. The van der Waals surface area contributed by atoms with E-state index in [1.165, 1.54) is 4.90 Å². The average Bonchev–Trinajstić information content (AvgIpc) is 3.27. The smallest absolute Gasteiger partial charge is 0.281 e. The van der Waals surface area contributed by atoms with E-state index in [0.717, 1.165) is 28.6 Å². The van der Waals surface area contributed by atoms with Gasteiger partial charge in [-0.3, -0.25) is 14.5 Å². The molecule has 2 heterocycles. The van der Waals surface area contributed by atoms with Gasteiger partial charge in [0.05, 0.1) is 5.69 Å². The number of aromatic nitrogens is 1. The van der Waals surface area contributed by atoms with Gasteiger partial charge >= 0.3 is 0 Å². The zero-order valence-corrected chi connectivity index (χ0v) is 19.5. The number of amides is 2. The molecule has 2 amide bonds. The molecule has 7 nitrogen and oxygen atoms in total. The summed E-state index contributed by atoms with van der Waals surface area (Å²) in [6.07, 6.45) is 4.51. The van der Waals surface area contributed by atoms with Crippen LogP contribution < -0.4 is 10.2 Å². The fraction of sp³-hybridized carbons (Fsp3) is 0.240. The number of para-hydroxylation sites is 2. The molecule has 1 N–H and O–H groups in total. The lowest BCUT2D eigenvalue weighted by molar-refractivity contribution is -0.121. The third kappa shape index (κ3) is 4.67. The Morgan fingerprint density at radius 3 is 2.61 bits per heavy atom. The molecule has 1 aliphatic rings. The van der Waals surface area contributed by atoms with Crippen molar-refractivity contribution in [2.75, 3.05) is 32.2 Å². The van der Waals surface area contributed by atoms with Crippen molar-refractivity contribution < 1.29 is 14.3 Å². The lowest BCUT2D eigenvalue weighted by Crippen LogP contribution is -2.30. The van der Waals surface area contributed by atoms with Crippen molar-refractivity contribution in [3.8, 4) is 0 Å². The summed E-state index contributed by atoms with van der Waals surface area (Å²) in [6.45, 7) is 1.36. The molecule has 1 fully saturated rings. The molecule has 4 rings (SSSR count). The molecular formula is C25H26N4O3S. The Hall–Kier alpha value is -3.49. The van der Waals surface area contributed by atoms with Crippen molar-refractivity contribution in [2.24, 2.45) is 0 Å². The van der Waals surface area contributed by atoms with Gasteiger partial charge in [0.2, 0.25) is 5.91 Å². The summed E-state index contributed by atoms with van der Waals surface area (Å²) in [5, 5.41) is 4.30. The number of nitrogens with zero attached hydrogens (tertiary/aromatic N) is 3. The number of likely N-dealkylation sites (N-methyl/N-ethyl adjacent to an activating group) is 1. The van der Waals surface area contributed by atoms with Crippen LogP contribution in [0.5, 0.6) is 0 Å². The van der Waals surface area contributed by atoms with Crippen LogP contribution in [0.25, 0.3) is 17.0 Å². The van der Waals surface area contributed by atoms with Gasteiger partial charge in [0, 0.05) is 50.0 Å². The van der Waals surface area contributed by atoms with Crippen LogP contribution >= 0.6 is 12.2 Å². The molecule has 3 aromatic rings. The summed E-state index contributed by atoms with van der Waals surface area (Å²) in [5.41, 5.74) is 2.99. The quantitative estimate of drug-likeness (QED) is 0.316. The molecule has 1 saturated heterocycles. The van der Waals surface area contributed by atoms with Gasteiger partial charge in [-0.05, 0) is 42.9 Å². The molecule has 33 heavy (non-hydrogen) atoms. The molecule has 1 aromatic heterocycles. The molecule has 0 spiro atoms. The first-order chi connectivity index (χ1) is 16.0. The number of ether oxygens (including phenoxy) is 1. The van der Waals surface area contributed by atoms with Gasteiger partial charge in [-0.15, -0.1) is 0 Å². The van der Waals surface area contributed by atoms with Crippen LogP contribution in [-0.4, -0.2) is 53.7 Å². The number of nitrogens with one attached hydrogen (secondary N) is 1. The van der Waals surface area contributed by atoms with Crippen LogP contribution in [0.3, 0.4) is 0 Å². The number of anilines is 1. The van der Waals surface area contributed by atoms with Crippen molar-refractivity contribution in [1.82, 2.24) is 14.8 Å². The molecule has 0 atom stereocenters. The van der Waals surface area contributed by atoms with Gasteiger partial charge in [-0.2, -0.15) is 0 Å². The van der Waals surface area contributed by atoms with Gasteiger partial charge in [-0.25, -0.2) is 0 Å². The standard InChI is InChI=1S/C25H26N4O3S/c1-27-22(24(31)29(25(27)33)19-9-4-3-5-10-19)15-18-16-28(21-12-7-6-11-20(18)21)17-23(30)26-13-8-14-32-2/h3-7,9-12,15-16H,8,13-14,17H2,1-2H3,(H,26,30)/b22-15-. The number of fused-ring (bicyclic) bond motifs is 1. The molecule has 0 radical (unpaired) electrons. The van der Waals surface area contributed by atoms with Crippen LogP contribution in [-0.2, 0) is 20.9 Å². The fourth-order valence-electron chi connectivity index (χ4n) is 3.88. The maximum atomic E-state index is 13.3. The van der Waals surface area contributed by atoms with E-state index >= 15 is 0 Å². The summed E-state index contributed by atoms with van der Waals surface area (Å²) in [6, 6.07) is 17.2. The highest BCUT2D eigenvalue weighted by atomic mass is 32.1. The van der Waals surface area contributed by atoms with E-state index in [1.807, 2.05) is 71.4 Å². The van der Waals surface area contributed by atoms with E-state index in [4.69, 9.17) is 17.0 Å². The Bertz CT molecular complexity index is 1220. The fourth-order valence-corrected chi connectivity index (χ4v) is 4.17. The zero-order valence-electron chi connectivity index (χ0n) is 18.7. The summed E-state index contributed by atoms with van der Waals surface area (Å²) in [4.78, 5) is 29.0. The van der Waals surface area contributed by atoms with Gasteiger partial charge in [0.1, 0.15) is 12.2 Å². The average molecular weight is 463 g/mol. The van der Waals surface area contributed by atoms with Gasteiger partial charge in [0.25, 0.3) is 5.91 Å². The third-order valence-electron chi connectivity index (χ3n) is 5.55. The summed E-state index contributed by atoms with van der Waals surface area (Å²) in [7, 11) is 3.43. The first-order valence-electron chi connectivity index (χ1n) is 10.7. The Morgan fingerprint density at radius 1 is 1.12 bits per heavy atom. The lowest BCUT2D eigenvalue weighted by Gasteiger charge is -2.16. The number of rotatable bonds is 8. The van der Waals surface area contributed by atoms with E-state index in [1.54, 1.807) is 19.1 Å². The Kier molecular flexibility index (Phi) is 6.86. The van der Waals surface area contributed by atoms with Crippen molar-refractivity contribution in [1.29, 1.82) is 0 Å². The number of carbonyl (C=O) groups is 2. The second-order valence-corrected chi connectivity index (χ2v) is 8.14. The summed E-state index contributed by atoms with van der Waals surface area (Å²) >= 11 is 5.56. The largest absolute Gasteiger partial charge is 0.385 e. The minimum Gasteiger partial charge on any atom is -0.385 e. The van der Waals surface area contributed by atoms with Crippen LogP contribution in [0, 0.1) is 0 Å². The highest BCUT2D eigenvalue weighted by Crippen LogP contribution is 2.30. The maximum Gasteiger partial charge on any atom is 0.281 e. The van der Waals surface area contributed by atoms with Crippen molar-refractivity contribution >= 4 is 51.8 Å². The predicted molar refractivity (Wildman–Crippen MR) is 134 cm³/mol. The van der Waals surface area contributed by atoms with E-state index in [-0.39, 0.29) is 18.4 Å². The maximum absolute atomic E-state index is 13.3. The van der Waals surface area contributed by atoms with E-state index in [9.17, 15) is 9.59 Å². The van der Waals surface area contributed by atoms with Crippen LogP contribution in [0.15, 0.2) is 66.5 Å². The molecule has 2 aromatic carbocycles. The predicted octanol–water partition coefficient (Wildman–Crippen LogP) is 3.40. The second kappa shape index (κ2) is 9.97. The van der Waals surface area contributed by atoms with Crippen LogP contribution in [0.2, 0.25) is 0 Å². The Balaban J connectivity index is 1.63. The Morgan fingerprint density at radius 2 is 1.85 bits per heavy atom. The SMILES string of the molecule is COCCCNC(=O)Cn1cc(/C=C2/C(=O)N(c3ccccc3)C(=S)N2C)c2ccccc21. The topological polar surface area (TPSA) is 66.8 Å². The highest BCUT2D eigenvalue weighted by molar-refractivity contribution is 7.80. The Labute approximate surface area is 198 Å². The minimum atomic E-state index is -0.179. The minimum absolute atomic E-state index is 0.0726. The number of benzene rings is 2. The number of thiocarbonyl (C=S) groups is 1. The molecule has 0 aliphatic carbocycles. The number of carbonyl (C=O) groups excluding carboxylic acids is 2. The van der Waals surface area contributed by atoms with E-state index < -0.39 is 0 Å². The molecule has 0 saturated carbocycles. The summed E-state index contributed by atoms with van der Waals surface area (Å²) < 4.78 is 6.92. The number of hydrogen-bond acceptors (Lipinski definition) is 4. The molecule has 0 unspecified atom stereocenters. The van der Waals surface area contributed by atoms with Crippen LogP contribution in [0.4, 0.5) is 5.69 Å². The van der Waals surface area contributed by atoms with Crippen molar-refractivity contribution in [2.45, 2.75) is 13.0 Å². The second-order valence-electron chi connectivity index (χ2n) is 7.77. The van der Waals surface area contributed by atoms with E-state index in [0.29, 0.717) is 24.0 Å². The molecule has 0 bridgehead atoms. The third-order valence-corrected chi connectivity index (χ3v) is 6.01. The molecular weight excluding hydrogens is 436 g/mol. The monoisotopic (exact) mass is 462 g/mol. The highest BCUT2D eigenvalue weighted by Gasteiger charge is 2.36. The van der Waals surface area contributed by atoms with Gasteiger partial charge in [-0.1, -0.05) is 36.4 Å². The molecule has 170 valence electrons. The molecule has 1 aliphatic heterocycles. The van der Waals surface area contributed by atoms with Crippen molar-refractivity contribution in [3.05, 3.63) is 72.1 Å². The van der Waals surface area contributed by atoms with Crippen molar-refractivity contribution in [3.63, 3.8) is 0 Å². The van der Waals surface area contributed by atoms with Gasteiger partial charge in [0.15, 0.2) is 5.11 Å². The normalized spacial score (nSPS) is 15.2. The lowest BCUT2D eigenvalue weighted by atomic mass is 10.1. The van der Waals surface area contributed by atoms with Crippen LogP contribution in [0.1, 0.15) is 12.0 Å². The summed E-state index contributed by atoms with van der Waals surface area (Å²) in [5.74, 6) is -0.252. The zero-order chi connectivity index (χ0) is 23.4. The first kappa shape index (κ1) is 22.7. The number of hydrogen-bond donors (Lipinski definition) is 1. The van der Waals surface area contributed by atoms with E-state index in [2.05, 4.69) is 5.32 Å².